The van der Waals surface area contributed by atoms with Crippen molar-refractivity contribution in [2.24, 2.45) is 0 Å². The fraction of sp³-hybridized carbons (Fsp3) is 0.696. The van der Waals surface area contributed by atoms with Gasteiger partial charge in [-0.1, -0.05) is 151 Å². The number of hydrogen-bond acceptors (Lipinski definition) is 9. The number of allylic oxidation sites excluding steroid dienone is 12. The van der Waals surface area contributed by atoms with Gasteiger partial charge in [-0.15, -0.1) is 0 Å². The molecule has 328 valence electrons. The van der Waals surface area contributed by atoms with E-state index in [-0.39, 0.29) is 19.4 Å². The van der Waals surface area contributed by atoms with Gasteiger partial charge in [0.25, 0.3) is 0 Å². The van der Waals surface area contributed by atoms with Crippen LogP contribution in [-0.2, 0) is 32.7 Å². The fourth-order valence-corrected chi connectivity index (χ4v) is 6.34. The van der Waals surface area contributed by atoms with Gasteiger partial charge in [-0.3, -0.25) is 18.6 Å². The van der Waals surface area contributed by atoms with Crippen molar-refractivity contribution in [3.63, 3.8) is 0 Å². The molecule has 11 heteroatoms. The van der Waals surface area contributed by atoms with Gasteiger partial charge in [0.05, 0.1) is 19.8 Å². The number of carbonyl (C=O) groups is 2. The highest BCUT2D eigenvalue weighted by molar-refractivity contribution is 7.47. The van der Waals surface area contributed by atoms with Crippen LogP contribution in [0.15, 0.2) is 72.9 Å². The lowest BCUT2D eigenvalue weighted by Crippen LogP contribution is -2.29. The molecule has 10 nitrogen and oxygen atoms in total. The molecule has 3 atom stereocenters. The maximum absolute atomic E-state index is 12.6. The van der Waals surface area contributed by atoms with E-state index >= 15 is 0 Å². The van der Waals surface area contributed by atoms with E-state index in [1.807, 2.05) is 0 Å². The lowest BCUT2D eigenvalue weighted by molar-refractivity contribution is -0.161. The van der Waals surface area contributed by atoms with Gasteiger partial charge in [-0.05, 0) is 77.0 Å². The summed E-state index contributed by atoms with van der Waals surface area (Å²) in [4.78, 5) is 35.0. The molecule has 0 heterocycles. The Morgan fingerprint density at radius 1 is 0.526 bits per heavy atom. The minimum Gasteiger partial charge on any atom is -0.462 e. The van der Waals surface area contributed by atoms with Gasteiger partial charge in [0.2, 0.25) is 0 Å². The summed E-state index contributed by atoms with van der Waals surface area (Å²) in [5.41, 5.74) is 0. The average Bonchev–Trinajstić information content (AvgIpc) is 3.20. The van der Waals surface area contributed by atoms with Crippen molar-refractivity contribution in [3.8, 4) is 0 Å². The maximum Gasteiger partial charge on any atom is 0.472 e. The Bertz CT molecular complexity index is 1180. The molecule has 0 aliphatic heterocycles. The van der Waals surface area contributed by atoms with E-state index in [1.165, 1.54) is 32.1 Å². The zero-order valence-corrected chi connectivity index (χ0v) is 36.4. The number of rotatable bonds is 40. The molecule has 0 aliphatic carbocycles. The van der Waals surface area contributed by atoms with Crippen LogP contribution in [0.2, 0.25) is 0 Å². The van der Waals surface area contributed by atoms with E-state index in [9.17, 15) is 24.2 Å². The van der Waals surface area contributed by atoms with Gasteiger partial charge in [0, 0.05) is 12.8 Å². The van der Waals surface area contributed by atoms with Crippen LogP contribution in [0.3, 0.4) is 0 Å². The smallest absolute Gasteiger partial charge is 0.462 e. The molecule has 0 aromatic rings. The van der Waals surface area contributed by atoms with Gasteiger partial charge in [-0.2, -0.15) is 0 Å². The summed E-state index contributed by atoms with van der Waals surface area (Å²) in [6.45, 7) is 2.13. The maximum atomic E-state index is 12.6. The molecule has 0 rings (SSSR count). The van der Waals surface area contributed by atoms with Crippen molar-refractivity contribution < 1.29 is 47.8 Å². The third-order valence-corrected chi connectivity index (χ3v) is 9.81. The largest absolute Gasteiger partial charge is 0.472 e. The number of esters is 2. The van der Waals surface area contributed by atoms with Crippen LogP contribution in [0.5, 0.6) is 0 Å². The summed E-state index contributed by atoms with van der Waals surface area (Å²) in [5.74, 6) is -0.953. The molecule has 57 heavy (non-hydrogen) atoms. The second kappa shape index (κ2) is 41.6. The zero-order valence-electron chi connectivity index (χ0n) is 35.5. The van der Waals surface area contributed by atoms with Gasteiger partial charge in [-0.25, -0.2) is 4.57 Å². The Hall–Kier alpha value is -2.59. The lowest BCUT2D eigenvalue weighted by Gasteiger charge is -2.20. The molecular weight excluding hydrogens is 743 g/mol. The van der Waals surface area contributed by atoms with E-state index < -0.39 is 51.8 Å². The first kappa shape index (κ1) is 54.4. The molecule has 0 saturated carbocycles. The van der Waals surface area contributed by atoms with E-state index in [0.717, 1.165) is 96.3 Å². The van der Waals surface area contributed by atoms with Crippen molar-refractivity contribution in [1.82, 2.24) is 0 Å². The standard InChI is InChI=1S/C46H79O10P/c1-3-5-7-9-11-13-15-17-19-21-23-25-27-29-31-33-35-37-45(49)53-41-44(42-55-57(51,52)54-40-43(48)39-47)56-46(50)38-36-34-32-30-28-26-24-22-20-18-16-14-12-10-8-6-4-2/h5-8,11-14,17-20,43-44,47-48H,3-4,9-10,15-16,21-42H2,1-2H3,(H,51,52)/b7-5-,8-6-,13-11-,14-12-,19-17-,20-18-. The second-order valence-corrected chi connectivity index (χ2v) is 15.8. The van der Waals surface area contributed by atoms with Crippen molar-refractivity contribution in [2.45, 2.75) is 180 Å². The number of aliphatic hydroxyl groups is 2. The summed E-state index contributed by atoms with van der Waals surface area (Å²) in [5, 5.41) is 18.3. The van der Waals surface area contributed by atoms with Crippen LogP contribution in [0.1, 0.15) is 168 Å². The number of phosphoric ester groups is 1. The molecule has 3 unspecified atom stereocenters. The van der Waals surface area contributed by atoms with Crippen LogP contribution < -0.4 is 0 Å². The van der Waals surface area contributed by atoms with Crippen molar-refractivity contribution in [1.29, 1.82) is 0 Å². The summed E-state index contributed by atoms with van der Waals surface area (Å²) in [6.07, 6.45) is 47.2. The average molecular weight is 823 g/mol. The minimum atomic E-state index is -4.63. The highest BCUT2D eigenvalue weighted by atomic mass is 31.2. The first-order valence-corrected chi connectivity index (χ1v) is 23.4. The summed E-state index contributed by atoms with van der Waals surface area (Å²) < 4.78 is 32.7. The first-order valence-electron chi connectivity index (χ1n) is 21.9. The Kier molecular flexibility index (Phi) is 39.7. The predicted octanol–water partition coefficient (Wildman–Crippen LogP) is 11.7. The van der Waals surface area contributed by atoms with E-state index in [1.54, 1.807) is 0 Å². The molecule has 0 aromatic carbocycles. The van der Waals surface area contributed by atoms with Crippen LogP contribution in [0.25, 0.3) is 0 Å². The summed E-state index contributed by atoms with van der Waals surface area (Å²) >= 11 is 0. The molecule has 0 amide bonds. The Morgan fingerprint density at radius 2 is 0.912 bits per heavy atom. The molecule has 0 saturated heterocycles. The lowest BCUT2D eigenvalue weighted by atomic mass is 10.1. The second-order valence-electron chi connectivity index (χ2n) is 14.3. The Morgan fingerprint density at radius 3 is 1.37 bits per heavy atom. The quantitative estimate of drug-likeness (QED) is 0.0236. The fourth-order valence-electron chi connectivity index (χ4n) is 5.55. The number of phosphoric acid groups is 1. The van der Waals surface area contributed by atoms with Crippen LogP contribution in [-0.4, -0.2) is 65.7 Å². The van der Waals surface area contributed by atoms with E-state index in [4.69, 9.17) is 19.1 Å². The van der Waals surface area contributed by atoms with Gasteiger partial charge >= 0.3 is 19.8 Å². The normalized spacial score (nSPS) is 14.5. The molecule has 0 radical (unpaired) electrons. The summed E-state index contributed by atoms with van der Waals surface area (Å²) in [6, 6.07) is 0. The molecular formula is C46H79O10P. The topological polar surface area (TPSA) is 149 Å². The monoisotopic (exact) mass is 823 g/mol. The minimum absolute atomic E-state index is 0.167. The van der Waals surface area contributed by atoms with Crippen LogP contribution >= 0.6 is 7.82 Å². The number of ether oxygens (including phenoxy) is 2. The molecule has 3 N–H and O–H groups in total. The SMILES string of the molecule is CC/C=C\C/C=C\C/C=C\CCCCCCCCCC(=O)OCC(COP(=O)(O)OCC(O)CO)OC(=O)CCCCCCCCC/C=C\C/C=C\C/C=C\CC. The molecule has 0 aromatic heterocycles. The number of carbonyl (C=O) groups excluding carboxylic acids is 2. The van der Waals surface area contributed by atoms with Crippen molar-refractivity contribution in [2.75, 3.05) is 26.4 Å². The molecule has 0 aliphatic rings. The molecule has 0 spiro atoms. The molecule has 0 bridgehead atoms. The summed E-state index contributed by atoms with van der Waals surface area (Å²) in [7, 11) is -4.63. The van der Waals surface area contributed by atoms with Crippen LogP contribution in [0, 0.1) is 0 Å². The van der Waals surface area contributed by atoms with E-state index in [2.05, 4.69) is 91.3 Å². The first-order chi connectivity index (χ1) is 27.7. The number of aliphatic hydroxyl groups excluding tert-OH is 2. The predicted molar refractivity (Wildman–Crippen MR) is 233 cm³/mol. The third kappa shape index (κ3) is 41.4. The highest BCUT2D eigenvalue weighted by Gasteiger charge is 2.27. The van der Waals surface area contributed by atoms with Crippen LogP contribution in [0.4, 0.5) is 0 Å². The van der Waals surface area contributed by atoms with Crippen molar-refractivity contribution >= 4 is 19.8 Å². The number of hydrogen-bond donors (Lipinski definition) is 3. The zero-order chi connectivity index (χ0) is 41.9. The van der Waals surface area contributed by atoms with E-state index in [0.29, 0.717) is 12.8 Å². The Labute approximate surface area is 346 Å². The number of unbranched alkanes of at least 4 members (excludes halogenated alkanes) is 14. The van der Waals surface area contributed by atoms with Crippen molar-refractivity contribution in [3.05, 3.63) is 72.9 Å². The third-order valence-electron chi connectivity index (χ3n) is 8.86. The van der Waals surface area contributed by atoms with Gasteiger partial charge < -0.3 is 24.6 Å². The van der Waals surface area contributed by atoms with Gasteiger partial charge in [0.15, 0.2) is 6.10 Å². The highest BCUT2D eigenvalue weighted by Crippen LogP contribution is 2.43. The van der Waals surface area contributed by atoms with Gasteiger partial charge in [0.1, 0.15) is 12.7 Å². The molecule has 0 fully saturated rings. The Balaban J connectivity index is 4.32.